The van der Waals surface area contributed by atoms with Crippen LogP contribution in [0.5, 0.6) is 0 Å². The summed E-state index contributed by atoms with van der Waals surface area (Å²) in [6.45, 7) is 2.14. The first-order chi connectivity index (χ1) is 15.1. The maximum absolute atomic E-state index is 13.0. The third-order valence-electron chi connectivity index (χ3n) is 5.34. The summed E-state index contributed by atoms with van der Waals surface area (Å²) in [4.78, 5) is 17.3. The van der Waals surface area contributed by atoms with Crippen LogP contribution in [0.25, 0.3) is 16.7 Å². The van der Waals surface area contributed by atoms with E-state index in [2.05, 4.69) is 25.3 Å². The predicted molar refractivity (Wildman–Crippen MR) is 109 cm³/mol. The molecule has 1 aliphatic carbocycles. The normalized spacial score (nSPS) is 15.4. The van der Waals surface area contributed by atoms with Crippen LogP contribution in [-0.2, 0) is 13.0 Å². The molecule has 4 rings (SSSR count). The molecule has 0 saturated carbocycles. The van der Waals surface area contributed by atoms with Gasteiger partial charge in [0.15, 0.2) is 5.65 Å². The van der Waals surface area contributed by atoms with Crippen LogP contribution in [-0.4, -0.2) is 43.1 Å². The summed E-state index contributed by atoms with van der Waals surface area (Å²) in [5.74, 6) is 0.349. The van der Waals surface area contributed by atoms with Crippen LogP contribution in [0.2, 0.25) is 0 Å². The Hall–Kier alpha value is -3.11. The molecule has 3 aromatic heterocycles. The number of rotatable bonds is 5. The molecule has 0 aromatic carbocycles. The molecule has 0 saturated heterocycles. The highest BCUT2D eigenvalue weighted by Gasteiger charge is 2.36. The Labute approximate surface area is 180 Å². The van der Waals surface area contributed by atoms with E-state index in [0.717, 1.165) is 18.9 Å². The van der Waals surface area contributed by atoms with Gasteiger partial charge in [0, 0.05) is 17.3 Å². The standard InChI is InChI=1S/C21H21F5N6/c1-11(21(24,25)26)28-20-27-9-14-13(5-3-4-6-15(14)31-20)16-7-8-17-19(30-16)32(10-18(22)23)12(2)29-17/h5,7-9,11,18H,3-4,6,10H2,1-2H3,(H,27,28,31)/t11-/m1/s1. The summed E-state index contributed by atoms with van der Waals surface area (Å²) in [6.07, 6.45) is -1.48. The molecule has 1 N–H and O–H groups in total. The smallest absolute Gasteiger partial charge is 0.343 e. The van der Waals surface area contributed by atoms with Gasteiger partial charge in [0.2, 0.25) is 5.95 Å². The highest BCUT2D eigenvalue weighted by molar-refractivity contribution is 5.83. The number of aromatic nitrogens is 5. The molecule has 11 heteroatoms. The number of hydrogen-bond acceptors (Lipinski definition) is 5. The average Bonchev–Trinajstić information content (AvgIpc) is 2.89. The Kier molecular flexibility index (Phi) is 5.83. The lowest BCUT2D eigenvalue weighted by Crippen LogP contribution is -2.33. The Morgan fingerprint density at radius 2 is 1.94 bits per heavy atom. The number of halogens is 5. The van der Waals surface area contributed by atoms with Crippen molar-refractivity contribution in [1.82, 2.24) is 24.5 Å². The van der Waals surface area contributed by atoms with Crippen LogP contribution in [0.3, 0.4) is 0 Å². The van der Waals surface area contributed by atoms with Crippen molar-refractivity contribution < 1.29 is 22.0 Å². The molecule has 170 valence electrons. The number of pyridine rings is 1. The van der Waals surface area contributed by atoms with E-state index in [9.17, 15) is 22.0 Å². The van der Waals surface area contributed by atoms with E-state index in [1.54, 1.807) is 19.1 Å². The van der Waals surface area contributed by atoms with Crippen molar-refractivity contribution in [3.63, 3.8) is 0 Å². The Morgan fingerprint density at radius 3 is 2.66 bits per heavy atom. The zero-order valence-electron chi connectivity index (χ0n) is 17.4. The van der Waals surface area contributed by atoms with Crippen molar-refractivity contribution in [2.75, 3.05) is 5.32 Å². The highest BCUT2D eigenvalue weighted by atomic mass is 19.4. The summed E-state index contributed by atoms with van der Waals surface area (Å²) < 4.78 is 66.1. The second-order valence-corrected chi connectivity index (χ2v) is 7.67. The van der Waals surface area contributed by atoms with Gasteiger partial charge in [0.25, 0.3) is 6.43 Å². The zero-order valence-corrected chi connectivity index (χ0v) is 17.4. The number of alkyl halides is 5. The molecule has 1 aliphatic rings. The minimum absolute atomic E-state index is 0.0936. The Balaban J connectivity index is 1.72. The lowest BCUT2D eigenvalue weighted by atomic mass is 10.0. The van der Waals surface area contributed by atoms with Gasteiger partial charge in [-0.3, -0.25) is 0 Å². The third kappa shape index (κ3) is 4.42. The van der Waals surface area contributed by atoms with Gasteiger partial charge in [-0.05, 0) is 45.2 Å². The molecule has 0 bridgehead atoms. The lowest BCUT2D eigenvalue weighted by Gasteiger charge is -2.18. The van der Waals surface area contributed by atoms with Crippen molar-refractivity contribution in [2.45, 2.75) is 58.3 Å². The minimum Gasteiger partial charge on any atom is -0.343 e. The van der Waals surface area contributed by atoms with Crippen molar-refractivity contribution in [1.29, 1.82) is 0 Å². The van der Waals surface area contributed by atoms with Gasteiger partial charge >= 0.3 is 6.18 Å². The van der Waals surface area contributed by atoms with Gasteiger partial charge in [-0.15, -0.1) is 0 Å². The number of nitrogens with zero attached hydrogens (tertiary/aromatic N) is 5. The summed E-state index contributed by atoms with van der Waals surface area (Å²) in [7, 11) is 0. The summed E-state index contributed by atoms with van der Waals surface area (Å²) in [6, 6.07) is 1.68. The molecule has 6 nitrogen and oxygen atoms in total. The van der Waals surface area contributed by atoms with Gasteiger partial charge < -0.3 is 9.88 Å². The lowest BCUT2D eigenvalue weighted by molar-refractivity contribution is -0.138. The first-order valence-electron chi connectivity index (χ1n) is 10.2. The molecule has 3 heterocycles. The Morgan fingerprint density at radius 1 is 1.16 bits per heavy atom. The van der Waals surface area contributed by atoms with Crippen LogP contribution in [0.4, 0.5) is 27.9 Å². The second kappa shape index (κ2) is 8.44. The molecule has 0 radical (unpaired) electrons. The SMILES string of the molecule is Cc1nc2ccc(C3=CCCCc4nc(N[C@H](C)C(F)(F)F)ncc43)nc2n1CC(F)F. The van der Waals surface area contributed by atoms with E-state index in [-0.39, 0.29) is 5.95 Å². The number of fused-ring (bicyclic) bond motifs is 2. The number of nitrogens with one attached hydrogen (secondary N) is 1. The van der Waals surface area contributed by atoms with Gasteiger partial charge in [-0.1, -0.05) is 6.08 Å². The van der Waals surface area contributed by atoms with Gasteiger partial charge in [-0.25, -0.2) is 28.7 Å². The summed E-state index contributed by atoms with van der Waals surface area (Å²) in [5, 5.41) is 2.29. The maximum atomic E-state index is 13.0. The van der Waals surface area contributed by atoms with E-state index in [4.69, 9.17) is 0 Å². The van der Waals surface area contributed by atoms with E-state index < -0.39 is 25.2 Å². The van der Waals surface area contributed by atoms with Gasteiger partial charge in [-0.2, -0.15) is 13.2 Å². The molecule has 0 unspecified atom stereocenters. The fourth-order valence-electron chi connectivity index (χ4n) is 3.67. The quantitative estimate of drug-likeness (QED) is 0.557. The van der Waals surface area contributed by atoms with Gasteiger partial charge in [0.05, 0.1) is 17.9 Å². The van der Waals surface area contributed by atoms with Crippen molar-refractivity contribution in [3.8, 4) is 0 Å². The fourth-order valence-corrected chi connectivity index (χ4v) is 3.67. The van der Waals surface area contributed by atoms with Gasteiger partial charge in [0.1, 0.15) is 17.4 Å². The van der Waals surface area contributed by atoms with Crippen LogP contribution in [0.1, 0.15) is 42.5 Å². The zero-order chi connectivity index (χ0) is 23.0. The van der Waals surface area contributed by atoms with Crippen molar-refractivity contribution in [2.24, 2.45) is 0 Å². The molecular weight excluding hydrogens is 431 g/mol. The van der Waals surface area contributed by atoms with Crippen LogP contribution >= 0.6 is 0 Å². The first-order valence-corrected chi connectivity index (χ1v) is 10.2. The number of hydrogen-bond donors (Lipinski definition) is 1. The molecule has 0 aliphatic heterocycles. The number of anilines is 1. The monoisotopic (exact) mass is 452 g/mol. The second-order valence-electron chi connectivity index (χ2n) is 7.67. The third-order valence-corrected chi connectivity index (χ3v) is 5.34. The molecule has 0 spiro atoms. The summed E-state index contributed by atoms with van der Waals surface area (Å²) in [5.41, 5.74) is 3.40. The van der Waals surface area contributed by atoms with E-state index in [1.165, 1.54) is 10.8 Å². The topological polar surface area (TPSA) is 68.5 Å². The Bertz CT molecular complexity index is 1170. The fraction of sp³-hybridized carbons (Fsp3) is 0.429. The number of allylic oxidation sites excluding steroid dienone is 1. The molecule has 3 aromatic rings. The van der Waals surface area contributed by atoms with E-state index in [1.807, 2.05) is 6.08 Å². The van der Waals surface area contributed by atoms with E-state index in [0.29, 0.717) is 46.8 Å². The van der Waals surface area contributed by atoms with Crippen molar-refractivity contribution in [3.05, 3.63) is 47.2 Å². The van der Waals surface area contributed by atoms with Crippen molar-refractivity contribution >= 4 is 22.7 Å². The van der Waals surface area contributed by atoms with E-state index >= 15 is 0 Å². The average molecular weight is 452 g/mol. The minimum atomic E-state index is -4.42. The summed E-state index contributed by atoms with van der Waals surface area (Å²) >= 11 is 0. The largest absolute Gasteiger partial charge is 0.408 e. The number of aryl methyl sites for hydroxylation is 2. The molecule has 32 heavy (non-hydrogen) atoms. The first kappa shape index (κ1) is 22.1. The molecule has 1 atom stereocenters. The van der Waals surface area contributed by atoms with Crippen LogP contribution < -0.4 is 5.32 Å². The number of imidazole rings is 1. The molecular formula is C21H21F5N6. The highest BCUT2D eigenvalue weighted by Crippen LogP contribution is 2.31. The predicted octanol–water partition coefficient (Wildman–Crippen LogP) is 4.93. The molecule has 0 amide bonds. The maximum Gasteiger partial charge on any atom is 0.408 e. The molecule has 0 fully saturated rings. The van der Waals surface area contributed by atoms with Crippen LogP contribution in [0.15, 0.2) is 24.4 Å². The van der Waals surface area contributed by atoms with Crippen LogP contribution in [0, 0.1) is 6.92 Å².